The van der Waals surface area contributed by atoms with Crippen LogP contribution in [0.1, 0.15) is 11.1 Å². The van der Waals surface area contributed by atoms with Gasteiger partial charge in [-0.3, -0.25) is 0 Å². The highest BCUT2D eigenvalue weighted by atomic mass is 35.5. The number of phenols is 1. The maximum absolute atomic E-state index is 9.63. The molecule has 4 nitrogen and oxygen atoms in total. The minimum atomic E-state index is 0.203. The van der Waals surface area contributed by atoms with Crippen molar-refractivity contribution in [3.8, 4) is 16.9 Å². The lowest BCUT2D eigenvalue weighted by Crippen LogP contribution is -1.98. The van der Waals surface area contributed by atoms with E-state index in [9.17, 15) is 5.11 Å². The van der Waals surface area contributed by atoms with Crippen molar-refractivity contribution in [2.24, 2.45) is 0 Å². The maximum Gasteiger partial charge on any atom is 0.225 e. The van der Waals surface area contributed by atoms with Gasteiger partial charge in [-0.05, 0) is 54.8 Å². The number of benzene rings is 2. The summed E-state index contributed by atoms with van der Waals surface area (Å²) in [5, 5.41) is 16.2. The predicted octanol–water partition coefficient (Wildman–Crippen LogP) is 6.08. The summed E-state index contributed by atoms with van der Waals surface area (Å²) in [6.45, 7) is 4.00. The molecule has 6 heteroatoms. The average Bonchev–Trinajstić information content (AvgIpc) is 3.02. The Morgan fingerprint density at radius 2 is 1.81 bits per heavy atom. The number of aryl methyl sites for hydroxylation is 2. The Hall–Kier alpha value is -2.63. The fraction of sp³-hybridized carbons (Fsp3) is 0.100. The van der Waals surface area contributed by atoms with Crippen molar-refractivity contribution >= 4 is 44.7 Å². The average molecular weight is 382 g/mol. The highest BCUT2D eigenvalue weighted by Crippen LogP contribution is 2.39. The summed E-state index contributed by atoms with van der Waals surface area (Å²) < 4.78 is 0. The summed E-state index contributed by atoms with van der Waals surface area (Å²) in [5.41, 5.74) is 5.17. The van der Waals surface area contributed by atoms with Gasteiger partial charge in [0.25, 0.3) is 0 Å². The van der Waals surface area contributed by atoms with E-state index >= 15 is 0 Å². The zero-order chi connectivity index (χ0) is 18.3. The molecule has 0 unspecified atom stereocenters. The third-order valence-electron chi connectivity index (χ3n) is 4.23. The fourth-order valence-electron chi connectivity index (χ4n) is 2.87. The molecule has 2 aromatic heterocycles. The number of thiophene rings is 1. The molecule has 2 aromatic carbocycles. The predicted molar refractivity (Wildman–Crippen MR) is 109 cm³/mol. The van der Waals surface area contributed by atoms with E-state index in [0.29, 0.717) is 5.82 Å². The number of aromatic hydroxyl groups is 1. The molecule has 0 saturated carbocycles. The zero-order valence-electron chi connectivity index (χ0n) is 14.2. The summed E-state index contributed by atoms with van der Waals surface area (Å²) in [5.74, 6) is 0.889. The molecule has 0 spiro atoms. The van der Waals surface area contributed by atoms with Crippen LogP contribution < -0.4 is 5.32 Å². The van der Waals surface area contributed by atoms with Gasteiger partial charge in [-0.1, -0.05) is 29.8 Å². The highest BCUT2D eigenvalue weighted by Gasteiger charge is 2.16. The molecular formula is C20H16ClN3OS. The van der Waals surface area contributed by atoms with Gasteiger partial charge in [-0.25, -0.2) is 4.98 Å². The Balaban J connectivity index is 1.88. The van der Waals surface area contributed by atoms with E-state index in [1.165, 1.54) is 5.56 Å². The van der Waals surface area contributed by atoms with Crippen molar-refractivity contribution in [1.82, 2.24) is 9.97 Å². The van der Waals surface area contributed by atoms with Gasteiger partial charge in [-0.2, -0.15) is 4.98 Å². The van der Waals surface area contributed by atoms with Gasteiger partial charge in [-0.15, -0.1) is 11.3 Å². The smallest absolute Gasteiger partial charge is 0.225 e. The molecular weight excluding hydrogens is 366 g/mol. The van der Waals surface area contributed by atoms with E-state index in [-0.39, 0.29) is 11.0 Å². The quantitative estimate of drug-likeness (QED) is 0.333. The standard InChI is InChI=1S/C20H16ClN3OS/c1-11-3-5-13(6-4-11)15-10-26-19-17(15)18(23-20(21)24-19)22-16-8-7-14(25)9-12(16)2/h3-10,25H,1-2H3,(H,22,23,24). The molecule has 4 aromatic rings. The van der Waals surface area contributed by atoms with Crippen molar-refractivity contribution in [2.45, 2.75) is 13.8 Å². The van der Waals surface area contributed by atoms with E-state index in [1.54, 1.807) is 23.5 Å². The van der Waals surface area contributed by atoms with Gasteiger partial charge < -0.3 is 10.4 Å². The van der Waals surface area contributed by atoms with Crippen molar-refractivity contribution in [3.05, 3.63) is 64.3 Å². The van der Waals surface area contributed by atoms with Crippen LogP contribution >= 0.6 is 22.9 Å². The first-order valence-corrected chi connectivity index (χ1v) is 9.35. The van der Waals surface area contributed by atoms with E-state index in [0.717, 1.165) is 32.6 Å². The number of aromatic nitrogens is 2. The molecule has 0 atom stereocenters. The van der Waals surface area contributed by atoms with Crippen LogP contribution in [-0.2, 0) is 0 Å². The van der Waals surface area contributed by atoms with E-state index in [4.69, 9.17) is 11.6 Å². The lowest BCUT2D eigenvalue weighted by molar-refractivity contribution is 0.475. The number of hydrogen-bond acceptors (Lipinski definition) is 5. The normalized spacial score (nSPS) is 11.0. The van der Waals surface area contributed by atoms with Gasteiger partial charge in [0.1, 0.15) is 16.4 Å². The maximum atomic E-state index is 9.63. The number of phenolic OH excluding ortho intramolecular Hbond substituents is 1. The first-order chi connectivity index (χ1) is 12.5. The molecule has 130 valence electrons. The second-order valence-corrected chi connectivity index (χ2v) is 7.36. The van der Waals surface area contributed by atoms with Crippen LogP contribution in [0.15, 0.2) is 47.8 Å². The first-order valence-electron chi connectivity index (χ1n) is 8.09. The van der Waals surface area contributed by atoms with Gasteiger partial charge in [0.05, 0.1) is 5.39 Å². The number of anilines is 2. The first kappa shape index (κ1) is 16.8. The summed E-state index contributed by atoms with van der Waals surface area (Å²) >= 11 is 7.68. The Morgan fingerprint density at radius 3 is 2.54 bits per heavy atom. The molecule has 4 rings (SSSR count). The minimum absolute atomic E-state index is 0.203. The molecule has 0 saturated heterocycles. The van der Waals surface area contributed by atoms with Gasteiger partial charge in [0.2, 0.25) is 5.28 Å². The number of nitrogens with zero attached hydrogens (tertiary/aromatic N) is 2. The van der Waals surface area contributed by atoms with Crippen LogP contribution in [0.5, 0.6) is 5.75 Å². The molecule has 0 aliphatic rings. The summed E-state index contributed by atoms with van der Waals surface area (Å²) in [6.07, 6.45) is 0. The third-order valence-corrected chi connectivity index (χ3v) is 5.27. The Labute approximate surface area is 160 Å². The number of rotatable bonds is 3. The molecule has 0 fully saturated rings. The van der Waals surface area contributed by atoms with Crippen LogP contribution in [0.4, 0.5) is 11.5 Å². The lowest BCUT2D eigenvalue weighted by atomic mass is 10.0. The van der Waals surface area contributed by atoms with E-state index < -0.39 is 0 Å². The van der Waals surface area contributed by atoms with Crippen LogP contribution in [0.25, 0.3) is 21.3 Å². The second kappa shape index (κ2) is 6.59. The number of halogens is 1. The number of fused-ring (bicyclic) bond motifs is 1. The van der Waals surface area contributed by atoms with Gasteiger partial charge >= 0.3 is 0 Å². The molecule has 0 aliphatic heterocycles. The SMILES string of the molecule is Cc1ccc(-c2csc3nc(Cl)nc(Nc4ccc(O)cc4C)c23)cc1. The fourth-order valence-corrected chi connectivity index (χ4v) is 4.03. The number of nitrogens with one attached hydrogen (secondary N) is 1. The zero-order valence-corrected chi connectivity index (χ0v) is 15.8. The van der Waals surface area contributed by atoms with Crippen molar-refractivity contribution in [1.29, 1.82) is 0 Å². The Morgan fingerprint density at radius 1 is 1.04 bits per heavy atom. The summed E-state index contributed by atoms with van der Waals surface area (Å²) in [4.78, 5) is 9.63. The van der Waals surface area contributed by atoms with Crippen LogP contribution in [-0.4, -0.2) is 15.1 Å². The lowest BCUT2D eigenvalue weighted by Gasteiger charge is -2.12. The van der Waals surface area contributed by atoms with Crippen molar-refractivity contribution in [3.63, 3.8) is 0 Å². The topological polar surface area (TPSA) is 58.0 Å². The minimum Gasteiger partial charge on any atom is -0.508 e. The third kappa shape index (κ3) is 3.11. The molecule has 2 heterocycles. The van der Waals surface area contributed by atoms with Gasteiger partial charge in [0, 0.05) is 16.6 Å². The van der Waals surface area contributed by atoms with Crippen molar-refractivity contribution in [2.75, 3.05) is 5.32 Å². The van der Waals surface area contributed by atoms with Gasteiger partial charge in [0.15, 0.2) is 0 Å². The summed E-state index contributed by atoms with van der Waals surface area (Å²) in [7, 11) is 0. The van der Waals surface area contributed by atoms with Crippen molar-refractivity contribution < 1.29 is 5.11 Å². The largest absolute Gasteiger partial charge is 0.508 e. The molecule has 0 radical (unpaired) electrons. The second-order valence-electron chi connectivity index (χ2n) is 6.16. The number of hydrogen-bond donors (Lipinski definition) is 2. The summed E-state index contributed by atoms with van der Waals surface area (Å²) in [6, 6.07) is 13.5. The van der Waals surface area contributed by atoms with E-state index in [1.807, 2.05) is 13.0 Å². The highest BCUT2D eigenvalue weighted by molar-refractivity contribution is 7.17. The van der Waals surface area contributed by atoms with E-state index in [2.05, 4.69) is 51.9 Å². The molecule has 0 amide bonds. The monoisotopic (exact) mass is 381 g/mol. The van der Waals surface area contributed by atoms with Crippen LogP contribution in [0, 0.1) is 13.8 Å². The molecule has 2 N–H and O–H groups in total. The molecule has 26 heavy (non-hydrogen) atoms. The van der Waals surface area contributed by atoms with Crippen LogP contribution in [0.3, 0.4) is 0 Å². The molecule has 0 bridgehead atoms. The molecule has 0 aliphatic carbocycles. The Kier molecular flexibility index (Phi) is 4.26. The van der Waals surface area contributed by atoms with Crippen LogP contribution in [0.2, 0.25) is 5.28 Å². The Bertz CT molecular complexity index is 1110.